The first kappa shape index (κ1) is 12.2. The molecular weight excluding hydrogens is 262 g/mol. The van der Waals surface area contributed by atoms with Crippen LogP contribution < -0.4 is 5.32 Å². The van der Waals surface area contributed by atoms with Crippen molar-refractivity contribution in [2.75, 3.05) is 6.61 Å². The molecule has 2 atom stereocenters. The lowest BCUT2D eigenvalue weighted by molar-refractivity contribution is 0.230. The Hall–Kier alpha value is 0.1000. The van der Waals surface area contributed by atoms with Crippen molar-refractivity contribution in [3.8, 4) is 0 Å². The minimum atomic E-state index is 0.200. The van der Waals surface area contributed by atoms with Gasteiger partial charge >= 0.3 is 0 Å². The third-order valence-corrected chi connectivity index (χ3v) is 4.03. The molecule has 0 amide bonds. The molecule has 1 heterocycles. The fraction of sp³-hybridized carbons (Fsp3) is 0.600. The van der Waals surface area contributed by atoms with E-state index in [2.05, 4.69) is 47.2 Å². The highest BCUT2D eigenvalue weighted by Crippen LogP contribution is 2.27. The summed E-state index contributed by atoms with van der Waals surface area (Å²) < 4.78 is 1.15. The van der Waals surface area contributed by atoms with E-state index in [0.29, 0.717) is 6.04 Å². The van der Waals surface area contributed by atoms with Gasteiger partial charge in [0.25, 0.3) is 0 Å². The SMILES string of the molecule is CC[C@@H](CO)N[C@H](C)c1ccc(Br)s1. The fourth-order valence-electron chi connectivity index (χ4n) is 1.30. The number of rotatable bonds is 5. The molecule has 0 fully saturated rings. The van der Waals surface area contributed by atoms with Gasteiger partial charge in [-0.05, 0) is 41.4 Å². The molecule has 14 heavy (non-hydrogen) atoms. The van der Waals surface area contributed by atoms with Crippen LogP contribution in [0.5, 0.6) is 0 Å². The summed E-state index contributed by atoms with van der Waals surface area (Å²) in [6, 6.07) is 4.67. The molecule has 0 spiro atoms. The quantitative estimate of drug-likeness (QED) is 0.868. The average molecular weight is 278 g/mol. The smallest absolute Gasteiger partial charge is 0.0701 e. The van der Waals surface area contributed by atoms with Gasteiger partial charge < -0.3 is 10.4 Å². The molecule has 0 aliphatic carbocycles. The van der Waals surface area contributed by atoms with Gasteiger partial charge in [-0.15, -0.1) is 11.3 Å². The van der Waals surface area contributed by atoms with Gasteiger partial charge in [0, 0.05) is 17.0 Å². The highest BCUT2D eigenvalue weighted by molar-refractivity contribution is 9.11. The van der Waals surface area contributed by atoms with Crippen LogP contribution in [0, 0.1) is 0 Å². The van der Waals surface area contributed by atoms with Crippen molar-refractivity contribution in [2.24, 2.45) is 0 Å². The number of aliphatic hydroxyl groups is 1. The third-order valence-electron chi connectivity index (χ3n) is 2.22. The Labute approximate surface area is 97.5 Å². The molecule has 80 valence electrons. The molecule has 0 unspecified atom stereocenters. The van der Waals surface area contributed by atoms with Crippen molar-refractivity contribution >= 4 is 27.3 Å². The monoisotopic (exact) mass is 277 g/mol. The topological polar surface area (TPSA) is 32.3 Å². The number of nitrogens with one attached hydrogen (secondary N) is 1. The first-order valence-electron chi connectivity index (χ1n) is 4.79. The Kier molecular flexibility index (Phi) is 5.09. The summed E-state index contributed by atoms with van der Waals surface area (Å²) in [5, 5.41) is 12.4. The van der Waals surface area contributed by atoms with E-state index in [1.165, 1.54) is 4.88 Å². The van der Waals surface area contributed by atoms with E-state index in [9.17, 15) is 0 Å². The summed E-state index contributed by atoms with van der Waals surface area (Å²) in [4.78, 5) is 1.30. The Morgan fingerprint density at radius 1 is 1.57 bits per heavy atom. The van der Waals surface area contributed by atoms with E-state index in [1.807, 2.05) is 0 Å². The van der Waals surface area contributed by atoms with Crippen LogP contribution in [-0.2, 0) is 0 Å². The minimum Gasteiger partial charge on any atom is -0.395 e. The molecular formula is C10H16BrNOS. The maximum atomic E-state index is 9.06. The van der Waals surface area contributed by atoms with Gasteiger partial charge in [0.2, 0.25) is 0 Å². The summed E-state index contributed by atoms with van der Waals surface area (Å²) in [7, 11) is 0. The largest absolute Gasteiger partial charge is 0.395 e. The van der Waals surface area contributed by atoms with Gasteiger partial charge in [-0.3, -0.25) is 0 Å². The minimum absolute atomic E-state index is 0.200. The zero-order valence-electron chi connectivity index (χ0n) is 8.46. The second kappa shape index (κ2) is 5.85. The summed E-state index contributed by atoms with van der Waals surface area (Å²) in [6.45, 7) is 4.40. The number of thiophene rings is 1. The van der Waals surface area contributed by atoms with Crippen molar-refractivity contribution in [1.82, 2.24) is 5.32 Å². The lowest BCUT2D eigenvalue weighted by Gasteiger charge is -2.19. The van der Waals surface area contributed by atoms with Crippen LogP contribution in [0.15, 0.2) is 15.9 Å². The lowest BCUT2D eigenvalue weighted by atomic mass is 10.2. The molecule has 2 nitrogen and oxygen atoms in total. The van der Waals surface area contributed by atoms with Gasteiger partial charge in [0.1, 0.15) is 0 Å². The van der Waals surface area contributed by atoms with Crippen molar-refractivity contribution in [3.63, 3.8) is 0 Å². The van der Waals surface area contributed by atoms with E-state index in [4.69, 9.17) is 5.11 Å². The lowest BCUT2D eigenvalue weighted by Crippen LogP contribution is -2.33. The molecule has 1 aromatic heterocycles. The first-order valence-corrected chi connectivity index (χ1v) is 6.40. The fourth-order valence-corrected chi connectivity index (χ4v) is 2.73. The maximum Gasteiger partial charge on any atom is 0.0701 e. The number of hydrogen-bond donors (Lipinski definition) is 2. The van der Waals surface area contributed by atoms with Crippen molar-refractivity contribution in [1.29, 1.82) is 0 Å². The molecule has 0 aliphatic rings. The van der Waals surface area contributed by atoms with E-state index in [1.54, 1.807) is 11.3 Å². The van der Waals surface area contributed by atoms with E-state index >= 15 is 0 Å². The zero-order valence-corrected chi connectivity index (χ0v) is 10.9. The predicted octanol–water partition coefficient (Wildman–Crippen LogP) is 2.93. The zero-order chi connectivity index (χ0) is 10.6. The van der Waals surface area contributed by atoms with Gasteiger partial charge in [-0.1, -0.05) is 6.92 Å². The second-order valence-corrected chi connectivity index (χ2v) is 5.81. The van der Waals surface area contributed by atoms with Gasteiger partial charge in [0.05, 0.1) is 10.4 Å². The van der Waals surface area contributed by atoms with Crippen molar-refractivity contribution < 1.29 is 5.11 Å². The second-order valence-electron chi connectivity index (χ2n) is 3.32. The van der Waals surface area contributed by atoms with Crippen LogP contribution >= 0.6 is 27.3 Å². The molecule has 2 N–H and O–H groups in total. The Bertz CT molecular complexity index is 273. The standard InChI is InChI=1S/C10H16BrNOS/c1-3-8(6-13)12-7(2)9-4-5-10(11)14-9/h4-5,7-8,12-13H,3,6H2,1-2H3/t7-,8+/m1/s1. The molecule has 0 saturated carbocycles. The summed E-state index contributed by atoms with van der Waals surface area (Å²) in [6.07, 6.45) is 0.952. The Morgan fingerprint density at radius 3 is 2.71 bits per heavy atom. The molecule has 0 aromatic carbocycles. The van der Waals surface area contributed by atoms with Gasteiger partial charge in [-0.25, -0.2) is 0 Å². The molecule has 0 bridgehead atoms. The first-order chi connectivity index (χ1) is 6.67. The van der Waals surface area contributed by atoms with E-state index < -0.39 is 0 Å². The molecule has 0 saturated heterocycles. The number of aliphatic hydroxyl groups excluding tert-OH is 1. The summed E-state index contributed by atoms with van der Waals surface area (Å²) >= 11 is 5.17. The van der Waals surface area contributed by atoms with Crippen LogP contribution in [-0.4, -0.2) is 17.8 Å². The Balaban J connectivity index is 2.53. The average Bonchev–Trinajstić information content (AvgIpc) is 2.61. The molecule has 1 rings (SSSR count). The molecule has 4 heteroatoms. The summed E-state index contributed by atoms with van der Waals surface area (Å²) in [5.74, 6) is 0. The van der Waals surface area contributed by atoms with Gasteiger partial charge in [-0.2, -0.15) is 0 Å². The molecule has 0 aliphatic heterocycles. The summed E-state index contributed by atoms with van der Waals surface area (Å²) in [5.41, 5.74) is 0. The van der Waals surface area contributed by atoms with Crippen LogP contribution in [0.4, 0.5) is 0 Å². The van der Waals surface area contributed by atoms with E-state index in [-0.39, 0.29) is 12.6 Å². The Morgan fingerprint density at radius 2 is 2.29 bits per heavy atom. The van der Waals surface area contributed by atoms with E-state index in [0.717, 1.165) is 10.2 Å². The molecule has 1 aromatic rings. The van der Waals surface area contributed by atoms with Crippen LogP contribution in [0.25, 0.3) is 0 Å². The third kappa shape index (κ3) is 3.35. The molecule has 0 radical (unpaired) electrons. The number of hydrogen-bond acceptors (Lipinski definition) is 3. The van der Waals surface area contributed by atoms with Crippen LogP contribution in [0.1, 0.15) is 31.2 Å². The number of halogens is 1. The van der Waals surface area contributed by atoms with Crippen LogP contribution in [0.2, 0.25) is 0 Å². The highest BCUT2D eigenvalue weighted by atomic mass is 79.9. The predicted molar refractivity (Wildman–Crippen MR) is 64.7 cm³/mol. The highest BCUT2D eigenvalue weighted by Gasteiger charge is 2.12. The van der Waals surface area contributed by atoms with Crippen LogP contribution in [0.3, 0.4) is 0 Å². The van der Waals surface area contributed by atoms with Gasteiger partial charge in [0.15, 0.2) is 0 Å². The van der Waals surface area contributed by atoms with Crippen molar-refractivity contribution in [3.05, 3.63) is 20.8 Å². The maximum absolute atomic E-state index is 9.06. The normalized spacial score (nSPS) is 15.4. The van der Waals surface area contributed by atoms with Crippen molar-refractivity contribution in [2.45, 2.75) is 32.4 Å².